The Balaban J connectivity index is 1.46. The Morgan fingerprint density at radius 3 is 2.88 bits per heavy atom. The summed E-state index contributed by atoms with van der Waals surface area (Å²) < 4.78 is 6.88. The van der Waals surface area contributed by atoms with Gasteiger partial charge >= 0.3 is 5.97 Å². The van der Waals surface area contributed by atoms with Crippen molar-refractivity contribution in [2.45, 2.75) is 11.3 Å². The molecule has 134 valence electrons. The smallest absolute Gasteiger partial charge is 0.316 e. The molecule has 26 heavy (non-hydrogen) atoms. The lowest BCUT2D eigenvalue weighted by Gasteiger charge is -2.09. The van der Waals surface area contributed by atoms with E-state index >= 15 is 0 Å². The van der Waals surface area contributed by atoms with Crippen LogP contribution in [0.3, 0.4) is 0 Å². The highest BCUT2D eigenvalue weighted by atomic mass is 35.5. The molecule has 0 bridgehead atoms. The van der Waals surface area contributed by atoms with Crippen molar-refractivity contribution < 1.29 is 14.3 Å². The van der Waals surface area contributed by atoms with Crippen molar-refractivity contribution in [1.29, 1.82) is 0 Å². The number of carbonyl (C=O) groups excluding carboxylic acids is 2. The van der Waals surface area contributed by atoms with E-state index in [4.69, 9.17) is 16.3 Å². The number of para-hydroxylation sites is 1. The number of thiazole rings is 1. The van der Waals surface area contributed by atoms with Gasteiger partial charge in [-0.25, -0.2) is 4.98 Å². The molecule has 3 rings (SSSR count). The average molecular weight is 407 g/mol. The third kappa shape index (κ3) is 4.97. The largest absolute Gasteiger partial charge is 0.455 e. The topological polar surface area (TPSA) is 68.3 Å². The number of fused-ring (bicyclic) bond motifs is 1. The monoisotopic (exact) mass is 406 g/mol. The van der Waals surface area contributed by atoms with Gasteiger partial charge in [-0.3, -0.25) is 9.59 Å². The SMILES string of the molecule is Cc1ccc(Cl)cc1NC(=O)COC(=O)CSc1nc2ccccc2s1. The number of nitrogens with zero attached hydrogens (tertiary/aromatic N) is 1. The first kappa shape index (κ1) is 18.7. The number of aromatic nitrogens is 1. The number of hydrogen-bond acceptors (Lipinski definition) is 6. The Bertz CT molecular complexity index is 926. The van der Waals surface area contributed by atoms with Crippen molar-refractivity contribution in [1.82, 2.24) is 4.98 Å². The summed E-state index contributed by atoms with van der Waals surface area (Å²) in [6.45, 7) is 1.51. The minimum Gasteiger partial charge on any atom is -0.455 e. The van der Waals surface area contributed by atoms with Gasteiger partial charge in [0.1, 0.15) is 0 Å². The van der Waals surface area contributed by atoms with Crippen molar-refractivity contribution in [2.24, 2.45) is 0 Å². The van der Waals surface area contributed by atoms with Gasteiger partial charge in [0.25, 0.3) is 5.91 Å². The Labute approximate surface area is 163 Å². The van der Waals surface area contributed by atoms with Gasteiger partial charge in [0.2, 0.25) is 0 Å². The van der Waals surface area contributed by atoms with Crippen LogP contribution < -0.4 is 5.32 Å². The van der Waals surface area contributed by atoms with Crippen LogP contribution >= 0.6 is 34.7 Å². The predicted molar refractivity (Wildman–Crippen MR) is 106 cm³/mol. The first-order valence-electron chi connectivity index (χ1n) is 7.71. The van der Waals surface area contributed by atoms with Gasteiger partial charge in [-0.15, -0.1) is 11.3 Å². The number of esters is 1. The van der Waals surface area contributed by atoms with Crippen LogP contribution in [0, 0.1) is 6.92 Å². The van der Waals surface area contributed by atoms with Gasteiger partial charge in [-0.1, -0.05) is 41.6 Å². The normalized spacial score (nSPS) is 10.7. The van der Waals surface area contributed by atoms with Crippen LogP contribution in [0.2, 0.25) is 5.02 Å². The number of rotatable bonds is 6. The molecular weight excluding hydrogens is 392 g/mol. The molecule has 0 atom stereocenters. The van der Waals surface area contributed by atoms with E-state index in [1.807, 2.05) is 31.2 Å². The van der Waals surface area contributed by atoms with Gasteiger partial charge in [0, 0.05) is 10.7 Å². The zero-order valence-electron chi connectivity index (χ0n) is 13.8. The molecule has 0 aliphatic heterocycles. The summed E-state index contributed by atoms with van der Waals surface area (Å²) >= 11 is 8.73. The number of thioether (sulfide) groups is 1. The van der Waals surface area contributed by atoms with Crippen LogP contribution in [0.5, 0.6) is 0 Å². The molecule has 0 saturated heterocycles. The molecule has 0 spiro atoms. The summed E-state index contributed by atoms with van der Waals surface area (Å²) in [5, 5.41) is 3.20. The van der Waals surface area contributed by atoms with Gasteiger partial charge in [0.05, 0.1) is 16.0 Å². The summed E-state index contributed by atoms with van der Waals surface area (Å²) in [5.74, 6) is -0.774. The number of aryl methyl sites for hydroxylation is 1. The van der Waals surface area contributed by atoms with E-state index < -0.39 is 11.9 Å². The standard InChI is InChI=1S/C18H15ClN2O3S2/c1-11-6-7-12(19)8-14(11)20-16(22)9-24-17(23)10-25-18-21-13-4-2-3-5-15(13)26-18/h2-8H,9-10H2,1H3,(H,20,22). The van der Waals surface area contributed by atoms with Crippen LogP contribution in [0.25, 0.3) is 10.2 Å². The fraction of sp³-hybridized carbons (Fsp3) is 0.167. The van der Waals surface area contributed by atoms with Crippen LogP contribution in [-0.4, -0.2) is 29.2 Å². The maximum Gasteiger partial charge on any atom is 0.316 e. The van der Waals surface area contributed by atoms with Crippen LogP contribution in [0.4, 0.5) is 5.69 Å². The minimum atomic E-state index is -0.466. The molecule has 0 aliphatic rings. The molecule has 0 fully saturated rings. The highest BCUT2D eigenvalue weighted by molar-refractivity contribution is 8.01. The van der Waals surface area contributed by atoms with Crippen molar-refractivity contribution in [2.75, 3.05) is 17.7 Å². The molecule has 1 amide bonds. The van der Waals surface area contributed by atoms with E-state index in [-0.39, 0.29) is 12.4 Å². The Kier molecular flexibility index (Phi) is 6.13. The van der Waals surface area contributed by atoms with E-state index in [1.165, 1.54) is 23.1 Å². The zero-order chi connectivity index (χ0) is 18.5. The molecule has 1 aromatic heterocycles. The lowest BCUT2D eigenvalue weighted by Crippen LogP contribution is -2.22. The number of amides is 1. The summed E-state index contributed by atoms with van der Waals surface area (Å²) in [4.78, 5) is 28.2. The molecule has 3 aromatic rings. The molecule has 2 aromatic carbocycles. The Morgan fingerprint density at radius 1 is 1.27 bits per heavy atom. The average Bonchev–Trinajstić information content (AvgIpc) is 3.04. The first-order chi connectivity index (χ1) is 12.5. The van der Waals surface area contributed by atoms with Gasteiger partial charge in [0.15, 0.2) is 10.9 Å². The van der Waals surface area contributed by atoms with Crippen LogP contribution in [0.15, 0.2) is 46.8 Å². The van der Waals surface area contributed by atoms with Crippen molar-refractivity contribution in [3.05, 3.63) is 53.1 Å². The highest BCUT2D eigenvalue weighted by Gasteiger charge is 2.11. The molecule has 8 heteroatoms. The molecule has 0 radical (unpaired) electrons. The first-order valence-corrected chi connectivity index (χ1v) is 9.89. The number of carbonyl (C=O) groups is 2. The van der Waals surface area contributed by atoms with Crippen LogP contribution in [-0.2, 0) is 14.3 Å². The Morgan fingerprint density at radius 2 is 2.08 bits per heavy atom. The van der Waals surface area contributed by atoms with Gasteiger partial charge in [-0.2, -0.15) is 0 Å². The van der Waals surface area contributed by atoms with E-state index in [0.717, 1.165) is 20.1 Å². The number of nitrogens with one attached hydrogen (secondary N) is 1. The molecule has 1 N–H and O–H groups in total. The molecule has 0 aliphatic carbocycles. The number of ether oxygens (including phenoxy) is 1. The second-order valence-corrected chi connectivity index (χ2v) is 8.09. The number of hydrogen-bond donors (Lipinski definition) is 1. The molecule has 1 heterocycles. The fourth-order valence-corrected chi connectivity index (χ4v) is 4.17. The van der Waals surface area contributed by atoms with Crippen molar-refractivity contribution in [3.63, 3.8) is 0 Å². The van der Waals surface area contributed by atoms with E-state index in [9.17, 15) is 9.59 Å². The lowest BCUT2D eigenvalue weighted by atomic mass is 10.2. The van der Waals surface area contributed by atoms with Crippen LogP contribution in [0.1, 0.15) is 5.56 Å². The number of benzene rings is 2. The number of anilines is 1. The Hall–Kier alpha value is -2.09. The van der Waals surface area contributed by atoms with Crippen molar-refractivity contribution in [3.8, 4) is 0 Å². The zero-order valence-corrected chi connectivity index (χ0v) is 16.2. The predicted octanol–water partition coefficient (Wildman–Crippen LogP) is 4.53. The van der Waals surface area contributed by atoms with Gasteiger partial charge < -0.3 is 10.1 Å². The summed E-state index contributed by atoms with van der Waals surface area (Å²) in [5.41, 5.74) is 2.38. The molecular formula is C18H15ClN2O3S2. The summed E-state index contributed by atoms with van der Waals surface area (Å²) in [6, 6.07) is 13.0. The maximum atomic E-state index is 11.9. The fourth-order valence-electron chi connectivity index (χ4n) is 2.14. The molecule has 0 saturated carbocycles. The third-order valence-corrected chi connectivity index (χ3v) is 5.81. The molecule has 0 unspecified atom stereocenters. The van der Waals surface area contributed by atoms with E-state index in [1.54, 1.807) is 18.2 Å². The van der Waals surface area contributed by atoms with Gasteiger partial charge in [-0.05, 0) is 36.8 Å². The highest BCUT2D eigenvalue weighted by Crippen LogP contribution is 2.29. The maximum absolute atomic E-state index is 11.9. The van der Waals surface area contributed by atoms with E-state index in [0.29, 0.717) is 10.7 Å². The third-order valence-electron chi connectivity index (χ3n) is 3.43. The lowest BCUT2D eigenvalue weighted by molar-refractivity contribution is -0.144. The number of halogens is 1. The minimum absolute atomic E-state index is 0.100. The second-order valence-electron chi connectivity index (χ2n) is 5.40. The molecule has 5 nitrogen and oxygen atoms in total. The quantitative estimate of drug-likeness (QED) is 0.481. The van der Waals surface area contributed by atoms with Crippen molar-refractivity contribution >= 4 is 62.5 Å². The summed E-state index contributed by atoms with van der Waals surface area (Å²) in [7, 11) is 0. The van der Waals surface area contributed by atoms with E-state index in [2.05, 4.69) is 10.3 Å². The summed E-state index contributed by atoms with van der Waals surface area (Å²) in [6.07, 6.45) is 0. The second kappa shape index (κ2) is 8.53.